The number of nitrogens with one attached hydrogen (secondary N) is 1. The van der Waals surface area contributed by atoms with Gasteiger partial charge in [0.1, 0.15) is 18.4 Å². The van der Waals surface area contributed by atoms with Crippen LogP contribution in [0, 0.1) is 11.8 Å². The fourth-order valence-corrected chi connectivity index (χ4v) is 5.19. The Labute approximate surface area is 228 Å². The van der Waals surface area contributed by atoms with Gasteiger partial charge in [-0.3, -0.25) is 14.5 Å². The number of methoxy groups -OCH3 is 1. The predicted molar refractivity (Wildman–Crippen MR) is 149 cm³/mol. The van der Waals surface area contributed by atoms with E-state index >= 15 is 0 Å². The number of sulfonamides is 1. The number of hydrogen-bond donors (Lipinski definition) is 1. The highest BCUT2D eigenvalue weighted by Gasteiger charge is 2.37. The highest BCUT2D eigenvalue weighted by molar-refractivity contribution is 7.88. The summed E-state index contributed by atoms with van der Waals surface area (Å²) in [5, 5.41) is 2.91. The first kappa shape index (κ1) is 31.8. The molecule has 1 amide bonds. The molecule has 1 atom stereocenters. The van der Waals surface area contributed by atoms with Gasteiger partial charge in [-0.15, -0.1) is 0 Å². The Hall–Kier alpha value is -2.43. The zero-order valence-electron chi connectivity index (χ0n) is 23.5. The highest BCUT2D eigenvalue weighted by Crippen LogP contribution is 2.36. The molecule has 0 aliphatic carbocycles. The number of esters is 1. The van der Waals surface area contributed by atoms with Crippen molar-refractivity contribution in [2.45, 2.75) is 44.9 Å². The van der Waals surface area contributed by atoms with Crippen molar-refractivity contribution < 1.29 is 31.9 Å². The molecule has 1 aromatic rings. The number of benzene rings is 1. The number of carbonyl (C=O) groups is 2. The molecule has 10 nitrogen and oxygen atoms in total. The third kappa shape index (κ3) is 9.39. The van der Waals surface area contributed by atoms with Gasteiger partial charge in [0.15, 0.2) is 8.32 Å². The van der Waals surface area contributed by atoms with E-state index in [9.17, 15) is 18.0 Å². The van der Waals surface area contributed by atoms with Crippen LogP contribution in [-0.2, 0) is 24.0 Å². The molecule has 0 saturated carbocycles. The van der Waals surface area contributed by atoms with E-state index in [4.69, 9.17) is 13.9 Å². The summed E-state index contributed by atoms with van der Waals surface area (Å²) in [7, 11) is -3.82. The Balaban J connectivity index is 1.84. The van der Waals surface area contributed by atoms with Crippen LogP contribution in [-0.4, -0.2) is 103 Å². The molecule has 2 rings (SSSR count). The molecule has 0 radical (unpaired) electrons. The van der Waals surface area contributed by atoms with Gasteiger partial charge in [-0.1, -0.05) is 32.6 Å². The van der Waals surface area contributed by atoms with Crippen LogP contribution < -0.4 is 10.1 Å². The molecule has 0 aromatic heterocycles. The molecule has 1 aliphatic heterocycles. The molecule has 0 spiro atoms. The number of ether oxygens (including phenoxy) is 2. The minimum absolute atomic E-state index is 0.0369. The second kappa shape index (κ2) is 13.6. The van der Waals surface area contributed by atoms with Crippen LogP contribution in [0.4, 0.5) is 0 Å². The van der Waals surface area contributed by atoms with Gasteiger partial charge in [0.05, 0.1) is 20.0 Å². The maximum absolute atomic E-state index is 12.7. The van der Waals surface area contributed by atoms with Gasteiger partial charge in [0.25, 0.3) is 5.91 Å². The number of piperazine rings is 1. The molecule has 1 unspecified atom stereocenters. The van der Waals surface area contributed by atoms with Crippen LogP contribution in [0.3, 0.4) is 0 Å². The molecular formula is C26H41N3O7SSi. The number of carbonyl (C=O) groups excluding carboxylic acids is 2. The van der Waals surface area contributed by atoms with E-state index < -0.39 is 30.4 Å². The van der Waals surface area contributed by atoms with Gasteiger partial charge in [0, 0.05) is 38.3 Å². The monoisotopic (exact) mass is 567 g/mol. The number of nitrogens with zero attached hydrogens (tertiary/aromatic N) is 2. The van der Waals surface area contributed by atoms with Gasteiger partial charge >= 0.3 is 5.97 Å². The smallest absolute Gasteiger partial charge is 0.324 e. The molecular weight excluding hydrogens is 526 g/mol. The van der Waals surface area contributed by atoms with Gasteiger partial charge in [-0.25, -0.2) is 8.42 Å². The lowest BCUT2D eigenvalue weighted by molar-refractivity contribution is -0.147. The van der Waals surface area contributed by atoms with E-state index in [-0.39, 0.29) is 37.2 Å². The summed E-state index contributed by atoms with van der Waals surface area (Å²) in [4.78, 5) is 26.9. The molecule has 1 N–H and O–H groups in total. The van der Waals surface area contributed by atoms with Crippen molar-refractivity contribution >= 4 is 30.2 Å². The quantitative estimate of drug-likeness (QED) is 0.259. The Morgan fingerprint density at radius 2 is 1.63 bits per heavy atom. The fraction of sp³-hybridized carbons (Fsp3) is 0.615. The van der Waals surface area contributed by atoms with Crippen LogP contribution in [0.25, 0.3) is 0 Å². The topological polar surface area (TPSA) is 114 Å². The molecule has 1 aromatic carbocycles. The summed E-state index contributed by atoms with van der Waals surface area (Å²) in [6.07, 6.45) is 1.16. The predicted octanol–water partition coefficient (Wildman–Crippen LogP) is 1.94. The second-order valence-corrected chi connectivity index (χ2v) is 17.5. The Kier molecular flexibility index (Phi) is 11.4. The first-order valence-corrected chi connectivity index (χ1v) is 17.3. The van der Waals surface area contributed by atoms with Crippen LogP contribution in [0.1, 0.15) is 31.1 Å². The van der Waals surface area contributed by atoms with Gasteiger partial charge < -0.3 is 19.2 Å². The summed E-state index contributed by atoms with van der Waals surface area (Å²) in [5.74, 6) is 5.69. The minimum atomic E-state index is -3.29. The highest BCUT2D eigenvalue weighted by atomic mass is 32.2. The van der Waals surface area contributed by atoms with Crippen molar-refractivity contribution in [3.05, 3.63) is 29.8 Å². The molecule has 212 valence electrons. The van der Waals surface area contributed by atoms with E-state index in [1.807, 2.05) is 4.90 Å². The number of rotatable bonds is 10. The summed E-state index contributed by atoms with van der Waals surface area (Å²) in [5.41, 5.74) is 0.414. The van der Waals surface area contributed by atoms with Crippen molar-refractivity contribution in [3.8, 4) is 17.6 Å². The van der Waals surface area contributed by atoms with Crippen molar-refractivity contribution in [2.24, 2.45) is 0 Å². The Bertz CT molecular complexity index is 1110. The lowest BCUT2D eigenvalue weighted by atomic mass is 10.1. The SMILES string of the molecule is COC(=O)C(CNC(=O)c1ccc(OCC#CCO[Si](C)(C)C(C)(C)C)cc1)N1CCN(S(C)(=O)=O)CC1. The van der Waals surface area contributed by atoms with Crippen molar-refractivity contribution in [1.29, 1.82) is 0 Å². The van der Waals surface area contributed by atoms with E-state index in [2.05, 4.69) is 51.0 Å². The van der Waals surface area contributed by atoms with E-state index in [0.717, 1.165) is 6.26 Å². The van der Waals surface area contributed by atoms with Gasteiger partial charge in [0.2, 0.25) is 10.0 Å². The second-order valence-electron chi connectivity index (χ2n) is 10.7. The number of amides is 1. The summed E-state index contributed by atoms with van der Waals surface area (Å²) in [6.45, 7) is 12.8. The maximum atomic E-state index is 12.7. The molecule has 1 heterocycles. The molecule has 1 fully saturated rings. The standard InChI is InChI=1S/C26H41N3O7SSi/c1-26(2,3)38(6,7)36-19-9-8-18-35-22-12-10-21(11-13-22)24(30)27-20-23(25(31)34-4)28-14-16-29(17-15-28)37(5,32)33/h10-13,23H,14-20H2,1-7H3,(H,27,30). The van der Waals surface area contributed by atoms with Crippen molar-refractivity contribution in [3.63, 3.8) is 0 Å². The van der Waals surface area contributed by atoms with Crippen LogP contribution in [0.2, 0.25) is 18.1 Å². The molecule has 12 heteroatoms. The molecule has 1 aliphatic rings. The molecule has 38 heavy (non-hydrogen) atoms. The third-order valence-corrected chi connectivity index (χ3v) is 12.8. The lowest BCUT2D eigenvalue weighted by Gasteiger charge is -2.37. The normalized spacial score (nSPS) is 16.2. The molecule has 0 bridgehead atoms. The van der Waals surface area contributed by atoms with Crippen LogP contribution >= 0.6 is 0 Å². The maximum Gasteiger partial charge on any atom is 0.324 e. The van der Waals surface area contributed by atoms with Gasteiger partial charge in [-0.05, 0) is 42.4 Å². The fourth-order valence-electron chi connectivity index (χ4n) is 3.49. The Morgan fingerprint density at radius 1 is 1.05 bits per heavy atom. The summed E-state index contributed by atoms with van der Waals surface area (Å²) >= 11 is 0. The van der Waals surface area contributed by atoms with E-state index in [1.54, 1.807) is 24.3 Å². The van der Waals surface area contributed by atoms with E-state index in [1.165, 1.54) is 11.4 Å². The van der Waals surface area contributed by atoms with Gasteiger partial charge in [-0.2, -0.15) is 4.31 Å². The zero-order chi connectivity index (χ0) is 28.6. The van der Waals surface area contributed by atoms with Crippen molar-refractivity contribution in [1.82, 2.24) is 14.5 Å². The Morgan fingerprint density at radius 3 is 2.16 bits per heavy atom. The van der Waals surface area contributed by atoms with Crippen molar-refractivity contribution in [2.75, 3.05) is 59.3 Å². The molecule has 1 saturated heterocycles. The zero-order valence-corrected chi connectivity index (χ0v) is 25.3. The third-order valence-electron chi connectivity index (χ3n) is 6.98. The first-order chi connectivity index (χ1) is 17.7. The van der Waals surface area contributed by atoms with Crippen LogP contribution in [0.15, 0.2) is 24.3 Å². The summed E-state index contributed by atoms with van der Waals surface area (Å²) < 4.78 is 41.4. The lowest BCUT2D eigenvalue weighted by Crippen LogP contribution is -2.57. The minimum Gasteiger partial charge on any atom is -0.481 e. The summed E-state index contributed by atoms with van der Waals surface area (Å²) in [6, 6.07) is 5.93. The number of hydrogen-bond acceptors (Lipinski definition) is 8. The largest absolute Gasteiger partial charge is 0.481 e. The van der Waals surface area contributed by atoms with E-state index in [0.29, 0.717) is 31.0 Å². The van der Waals surface area contributed by atoms with Crippen LogP contribution in [0.5, 0.6) is 5.75 Å². The average Bonchev–Trinajstić information content (AvgIpc) is 2.85. The first-order valence-electron chi connectivity index (χ1n) is 12.5. The average molecular weight is 568 g/mol.